The smallest absolute Gasteiger partial charge is 0.0227 e. The first-order valence-corrected chi connectivity index (χ1v) is 7.88. The Bertz CT molecular complexity index is 848. The van der Waals surface area contributed by atoms with E-state index in [1.54, 1.807) is 0 Å². The van der Waals surface area contributed by atoms with Gasteiger partial charge in [0.25, 0.3) is 0 Å². The normalized spacial score (nSPS) is 21.9. The minimum Gasteiger partial charge on any atom is -0.0955 e. The highest BCUT2D eigenvalue weighted by Gasteiger charge is 2.44. The molecule has 0 spiro atoms. The van der Waals surface area contributed by atoms with Crippen LogP contribution in [-0.2, 0) is 5.41 Å². The number of hydrogen-bond acceptors (Lipinski definition) is 0. The van der Waals surface area contributed by atoms with Crippen molar-refractivity contribution in [3.8, 4) is 0 Å². The Labute approximate surface area is 132 Å². The van der Waals surface area contributed by atoms with Gasteiger partial charge in [0.15, 0.2) is 0 Å². The van der Waals surface area contributed by atoms with Gasteiger partial charge in [-0.15, -0.1) is 0 Å². The van der Waals surface area contributed by atoms with E-state index in [-0.39, 0.29) is 5.41 Å². The minimum absolute atomic E-state index is 0.170. The summed E-state index contributed by atoms with van der Waals surface area (Å²) < 4.78 is 0. The molecule has 0 aromatic heterocycles. The highest BCUT2D eigenvalue weighted by molar-refractivity contribution is 5.94. The van der Waals surface area contributed by atoms with E-state index in [0.29, 0.717) is 0 Å². The molecular formula is C22H20. The number of hydrogen-bond donors (Lipinski definition) is 0. The largest absolute Gasteiger partial charge is 0.0955 e. The molecule has 2 aromatic carbocycles. The van der Waals surface area contributed by atoms with Crippen molar-refractivity contribution in [2.24, 2.45) is 0 Å². The van der Waals surface area contributed by atoms with Crippen molar-refractivity contribution in [3.05, 3.63) is 89.5 Å². The van der Waals surface area contributed by atoms with Crippen LogP contribution in [0.5, 0.6) is 0 Å². The maximum Gasteiger partial charge on any atom is 0.0227 e. The van der Waals surface area contributed by atoms with Crippen molar-refractivity contribution >= 4 is 16.7 Å². The molecule has 0 saturated heterocycles. The molecule has 0 nitrogen and oxygen atoms in total. The van der Waals surface area contributed by atoms with Gasteiger partial charge in [-0.3, -0.25) is 0 Å². The van der Waals surface area contributed by atoms with Crippen LogP contribution in [0.1, 0.15) is 42.5 Å². The Kier molecular flexibility index (Phi) is 2.77. The van der Waals surface area contributed by atoms with Crippen LogP contribution in [0.3, 0.4) is 0 Å². The van der Waals surface area contributed by atoms with Crippen molar-refractivity contribution in [3.63, 3.8) is 0 Å². The van der Waals surface area contributed by atoms with Crippen LogP contribution in [-0.4, -0.2) is 0 Å². The van der Waals surface area contributed by atoms with Crippen molar-refractivity contribution in [1.82, 2.24) is 0 Å². The number of fused-ring (bicyclic) bond motifs is 4. The van der Waals surface area contributed by atoms with E-state index in [9.17, 15) is 0 Å². The zero-order chi connectivity index (χ0) is 15.3. The molecule has 2 aliphatic carbocycles. The average Bonchev–Trinajstić information content (AvgIpc) is 2.53. The quantitative estimate of drug-likeness (QED) is 0.647. The Morgan fingerprint density at radius 3 is 2.41 bits per heavy atom. The molecule has 0 heteroatoms. The van der Waals surface area contributed by atoms with Gasteiger partial charge in [0.05, 0.1) is 0 Å². The molecule has 2 aromatic rings. The second kappa shape index (κ2) is 4.58. The highest BCUT2D eigenvalue weighted by atomic mass is 14.5. The summed E-state index contributed by atoms with van der Waals surface area (Å²) in [5, 5.41) is 0. The van der Waals surface area contributed by atoms with Gasteiger partial charge in [0.1, 0.15) is 0 Å². The van der Waals surface area contributed by atoms with E-state index in [1.165, 1.54) is 33.4 Å². The van der Waals surface area contributed by atoms with Crippen LogP contribution in [0.2, 0.25) is 0 Å². The summed E-state index contributed by atoms with van der Waals surface area (Å²) in [6.07, 6.45) is 5.69. The lowest BCUT2D eigenvalue weighted by Gasteiger charge is -2.47. The van der Waals surface area contributed by atoms with Crippen LogP contribution in [0, 0.1) is 0 Å². The summed E-state index contributed by atoms with van der Waals surface area (Å²) >= 11 is 0. The highest BCUT2D eigenvalue weighted by Crippen LogP contribution is 2.57. The van der Waals surface area contributed by atoms with Gasteiger partial charge in [-0.25, -0.2) is 0 Å². The summed E-state index contributed by atoms with van der Waals surface area (Å²) in [7, 11) is 0. The van der Waals surface area contributed by atoms with Crippen molar-refractivity contribution in [1.29, 1.82) is 0 Å². The van der Waals surface area contributed by atoms with Crippen molar-refractivity contribution in [2.75, 3.05) is 0 Å². The molecule has 0 heterocycles. The molecule has 0 aliphatic heterocycles. The monoisotopic (exact) mass is 284 g/mol. The molecule has 108 valence electrons. The fraction of sp³-hybridized carbons (Fsp3) is 0.182. The molecule has 0 amide bonds. The SMILES string of the molecule is C=C(C)c1ccccc1C1=CC=C2c3ccccc3C2(C)C1. The third-order valence-electron chi connectivity index (χ3n) is 5.13. The van der Waals surface area contributed by atoms with Crippen molar-refractivity contribution < 1.29 is 0 Å². The second-order valence-electron chi connectivity index (χ2n) is 6.65. The topological polar surface area (TPSA) is 0 Å². The predicted molar refractivity (Wildman–Crippen MR) is 95.5 cm³/mol. The lowest BCUT2D eigenvalue weighted by atomic mass is 9.56. The Hall–Kier alpha value is -2.34. The molecule has 0 bridgehead atoms. The zero-order valence-electron chi connectivity index (χ0n) is 13.2. The molecule has 0 N–H and O–H groups in total. The molecule has 0 radical (unpaired) electrons. The van der Waals surface area contributed by atoms with Gasteiger partial charge in [0, 0.05) is 5.41 Å². The third-order valence-corrected chi connectivity index (χ3v) is 5.13. The van der Waals surface area contributed by atoms with E-state index in [1.807, 2.05) is 0 Å². The van der Waals surface area contributed by atoms with Gasteiger partial charge < -0.3 is 0 Å². The van der Waals surface area contributed by atoms with Gasteiger partial charge in [-0.2, -0.15) is 0 Å². The summed E-state index contributed by atoms with van der Waals surface area (Å²) in [6, 6.07) is 17.4. The molecule has 0 fully saturated rings. The summed E-state index contributed by atoms with van der Waals surface area (Å²) in [4.78, 5) is 0. The van der Waals surface area contributed by atoms with Crippen molar-refractivity contribution in [2.45, 2.75) is 25.7 Å². The molecule has 0 saturated carbocycles. The van der Waals surface area contributed by atoms with E-state index >= 15 is 0 Å². The molecular weight excluding hydrogens is 264 g/mol. The Balaban J connectivity index is 1.82. The number of rotatable bonds is 2. The fourth-order valence-corrected chi connectivity index (χ4v) is 3.99. The van der Waals surface area contributed by atoms with Crippen LogP contribution in [0.15, 0.2) is 67.3 Å². The minimum atomic E-state index is 0.170. The maximum atomic E-state index is 4.14. The van der Waals surface area contributed by atoms with Crippen LogP contribution < -0.4 is 0 Å². The molecule has 1 atom stereocenters. The standard InChI is InChI=1S/C22H20/c1-15(2)17-8-4-5-9-18(17)16-12-13-21-19-10-6-7-11-20(19)22(21,3)14-16/h4-13H,1,14H2,2-3H3. The van der Waals surface area contributed by atoms with Gasteiger partial charge in [-0.1, -0.05) is 79.8 Å². The molecule has 22 heavy (non-hydrogen) atoms. The Morgan fingerprint density at radius 2 is 1.64 bits per heavy atom. The van der Waals surface area contributed by atoms with Crippen LogP contribution in [0.25, 0.3) is 16.7 Å². The number of allylic oxidation sites excluding steroid dienone is 5. The van der Waals surface area contributed by atoms with E-state index < -0.39 is 0 Å². The number of benzene rings is 2. The molecule has 1 unspecified atom stereocenters. The first-order valence-electron chi connectivity index (χ1n) is 7.88. The lowest BCUT2D eigenvalue weighted by molar-refractivity contribution is 0.589. The van der Waals surface area contributed by atoms with Gasteiger partial charge in [-0.05, 0) is 46.7 Å². The third kappa shape index (κ3) is 1.70. The zero-order valence-corrected chi connectivity index (χ0v) is 13.2. The summed E-state index contributed by atoms with van der Waals surface area (Å²) in [5.41, 5.74) is 9.71. The van der Waals surface area contributed by atoms with E-state index in [0.717, 1.165) is 12.0 Å². The van der Waals surface area contributed by atoms with Gasteiger partial charge in [0.2, 0.25) is 0 Å². The molecule has 2 aliphatic rings. The molecule has 4 rings (SSSR count). The first-order chi connectivity index (χ1) is 10.6. The summed E-state index contributed by atoms with van der Waals surface area (Å²) in [5.74, 6) is 0. The Morgan fingerprint density at radius 1 is 0.955 bits per heavy atom. The predicted octanol–water partition coefficient (Wildman–Crippen LogP) is 5.86. The van der Waals surface area contributed by atoms with E-state index in [4.69, 9.17) is 0 Å². The lowest BCUT2D eigenvalue weighted by Crippen LogP contribution is -2.36. The maximum absolute atomic E-state index is 4.14. The average molecular weight is 284 g/mol. The first kappa shape index (κ1) is 13.3. The van der Waals surface area contributed by atoms with Crippen LogP contribution >= 0.6 is 0 Å². The van der Waals surface area contributed by atoms with E-state index in [2.05, 4.69) is 81.1 Å². The fourth-order valence-electron chi connectivity index (χ4n) is 3.99. The van der Waals surface area contributed by atoms with Gasteiger partial charge >= 0.3 is 0 Å². The summed E-state index contributed by atoms with van der Waals surface area (Å²) in [6.45, 7) is 8.60. The van der Waals surface area contributed by atoms with Crippen LogP contribution in [0.4, 0.5) is 0 Å². The second-order valence-corrected chi connectivity index (χ2v) is 6.65.